The van der Waals surface area contributed by atoms with Crippen molar-refractivity contribution in [2.45, 2.75) is 45.3 Å². The van der Waals surface area contributed by atoms with Gasteiger partial charge in [-0.05, 0) is 68.3 Å². The number of benzene rings is 3. The summed E-state index contributed by atoms with van der Waals surface area (Å²) in [7, 11) is 0. The van der Waals surface area contributed by atoms with Gasteiger partial charge in [-0.25, -0.2) is 0 Å². The van der Waals surface area contributed by atoms with Crippen molar-refractivity contribution in [3.63, 3.8) is 0 Å². The summed E-state index contributed by atoms with van der Waals surface area (Å²) in [6.07, 6.45) is 0.320. The van der Waals surface area contributed by atoms with E-state index in [2.05, 4.69) is 5.32 Å². The zero-order valence-corrected chi connectivity index (χ0v) is 22.7. The van der Waals surface area contributed by atoms with Crippen LogP contribution in [0.15, 0.2) is 72.8 Å². The van der Waals surface area contributed by atoms with Crippen LogP contribution in [-0.2, 0) is 22.6 Å². The molecule has 0 radical (unpaired) electrons. The molecule has 1 N–H and O–H groups in total. The minimum absolute atomic E-state index is 0.105. The topological polar surface area (TPSA) is 58.6 Å². The van der Waals surface area contributed by atoms with E-state index < -0.39 is 11.6 Å². The molecule has 2 amide bonds. The van der Waals surface area contributed by atoms with Gasteiger partial charge in [0.25, 0.3) is 5.91 Å². The lowest BCUT2D eigenvalue weighted by molar-refractivity contribution is -0.143. The van der Waals surface area contributed by atoms with E-state index in [0.29, 0.717) is 32.8 Å². The third kappa shape index (κ3) is 8.44. The van der Waals surface area contributed by atoms with Crippen LogP contribution in [0.3, 0.4) is 0 Å². The average Bonchev–Trinajstić information content (AvgIpc) is 2.81. The summed E-state index contributed by atoms with van der Waals surface area (Å²) in [5.74, 6) is -0.131. The normalized spacial score (nSPS) is 12.1. The number of nitrogens with one attached hydrogen (secondary N) is 1. The van der Waals surface area contributed by atoms with Crippen molar-refractivity contribution in [3.05, 3.63) is 99.0 Å². The van der Waals surface area contributed by atoms with Crippen LogP contribution >= 0.6 is 34.8 Å². The van der Waals surface area contributed by atoms with E-state index in [1.165, 1.54) is 4.90 Å². The molecule has 8 heteroatoms. The maximum absolute atomic E-state index is 13.6. The molecule has 0 heterocycles. The van der Waals surface area contributed by atoms with Crippen LogP contribution < -0.4 is 10.1 Å². The summed E-state index contributed by atoms with van der Waals surface area (Å²) in [4.78, 5) is 28.6. The number of hydrogen-bond acceptors (Lipinski definition) is 3. The monoisotopic (exact) mass is 546 g/mol. The lowest BCUT2D eigenvalue weighted by atomic mass is 10.0. The van der Waals surface area contributed by atoms with E-state index in [1.807, 2.05) is 51.1 Å². The Balaban J connectivity index is 1.95. The zero-order valence-electron chi connectivity index (χ0n) is 20.4. The van der Waals surface area contributed by atoms with E-state index in [1.54, 1.807) is 42.5 Å². The Morgan fingerprint density at radius 1 is 0.917 bits per heavy atom. The number of carbonyl (C=O) groups excluding carboxylic acids is 2. The van der Waals surface area contributed by atoms with Crippen molar-refractivity contribution < 1.29 is 14.3 Å². The largest absolute Gasteiger partial charge is 0.484 e. The molecule has 0 fully saturated rings. The maximum Gasteiger partial charge on any atom is 0.261 e. The highest BCUT2D eigenvalue weighted by molar-refractivity contribution is 6.35. The Kier molecular flexibility index (Phi) is 9.66. The lowest BCUT2D eigenvalue weighted by Gasteiger charge is -2.34. The van der Waals surface area contributed by atoms with Crippen LogP contribution in [0.25, 0.3) is 0 Å². The number of carbonyl (C=O) groups is 2. The minimum atomic E-state index is -0.806. The molecule has 0 spiro atoms. The highest BCUT2D eigenvalue weighted by Crippen LogP contribution is 2.25. The van der Waals surface area contributed by atoms with Gasteiger partial charge in [-0.2, -0.15) is 0 Å². The van der Waals surface area contributed by atoms with Crippen molar-refractivity contribution >= 4 is 46.6 Å². The highest BCUT2D eigenvalue weighted by atomic mass is 35.5. The maximum atomic E-state index is 13.6. The second-order valence-corrected chi connectivity index (χ2v) is 10.7. The number of halogens is 3. The molecule has 0 unspecified atom stereocenters. The first kappa shape index (κ1) is 27.9. The van der Waals surface area contributed by atoms with Crippen LogP contribution in [0.2, 0.25) is 15.1 Å². The molecule has 0 aromatic heterocycles. The molecule has 0 bridgehead atoms. The van der Waals surface area contributed by atoms with E-state index in [-0.39, 0.29) is 25.0 Å². The number of amides is 2. The van der Waals surface area contributed by atoms with Crippen molar-refractivity contribution in [1.29, 1.82) is 0 Å². The Morgan fingerprint density at radius 3 is 2.17 bits per heavy atom. The summed E-state index contributed by atoms with van der Waals surface area (Å²) < 4.78 is 5.74. The molecule has 3 aromatic carbocycles. The number of nitrogens with zero attached hydrogens (tertiary/aromatic N) is 1. The van der Waals surface area contributed by atoms with Gasteiger partial charge in [0.05, 0.1) is 0 Å². The van der Waals surface area contributed by atoms with Gasteiger partial charge in [-0.1, -0.05) is 71.2 Å². The highest BCUT2D eigenvalue weighted by Gasteiger charge is 2.32. The molecular weight excluding hydrogens is 519 g/mol. The Morgan fingerprint density at radius 2 is 1.56 bits per heavy atom. The van der Waals surface area contributed by atoms with Gasteiger partial charge in [0, 0.05) is 33.6 Å². The summed E-state index contributed by atoms with van der Waals surface area (Å²) in [6.45, 7) is 5.54. The van der Waals surface area contributed by atoms with Crippen molar-refractivity contribution in [2.75, 3.05) is 6.61 Å². The first-order valence-corrected chi connectivity index (χ1v) is 12.6. The molecule has 1 atom stereocenters. The number of rotatable bonds is 9. The quantitative estimate of drug-likeness (QED) is 0.329. The van der Waals surface area contributed by atoms with E-state index in [9.17, 15) is 9.59 Å². The second kappa shape index (κ2) is 12.5. The van der Waals surface area contributed by atoms with E-state index >= 15 is 0 Å². The molecule has 3 aromatic rings. The van der Waals surface area contributed by atoms with Crippen LogP contribution in [0.1, 0.15) is 31.9 Å². The van der Waals surface area contributed by atoms with Gasteiger partial charge < -0.3 is 15.0 Å². The van der Waals surface area contributed by atoms with Gasteiger partial charge in [0.15, 0.2) is 6.61 Å². The van der Waals surface area contributed by atoms with Gasteiger partial charge in [0.1, 0.15) is 11.8 Å². The fraction of sp³-hybridized carbons (Fsp3) is 0.286. The standard InChI is InChI=1S/C28H29Cl3N2O3/c1-28(2,3)32-27(35)25(15-19-7-5-4-6-8-19)33(17-20-9-10-22(30)16-24(20)31)26(34)18-36-23-13-11-21(29)12-14-23/h4-14,16,25H,15,17-18H2,1-3H3,(H,32,35)/t25-/m0/s1. The molecule has 0 saturated carbocycles. The van der Waals surface area contributed by atoms with Crippen molar-refractivity contribution in [3.8, 4) is 5.75 Å². The van der Waals surface area contributed by atoms with E-state index in [4.69, 9.17) is 39.5 Å². The van der Waals surface area contributed by atoms with Crippen molar-refractivity contribution in [1.82, 2.24) is 10.2 Å². The summed E-state index contributed by atoms with van der Waals surface area (Å²) in [5, 5.41) is 4.48. The van der Waals surface area contributed by atoms with Crippen LogP contribution in [0.5, 0.6) is 5.75 Å². The van der Waals surface area contributed by atoms with Crippen LogP contribution in [-0.4, -0.2) is 34.9 Å². The summed E-state index contributed by atoms with van der Waals surface area (Å²) in [6, 6.07) is 20.6. The molecule has 0 aliphatic heterocycles. The second-order valence-electron chi connectivity index (χ2n) is 9.44. The fourth-order valence-electron chi connectivity index (χ4n) is 3.60. The molecule has 36 heavy (non-hydrogen) atoms. The molecular formula is C28H29Cl3N2O3. The molecule has 0 saturated heterocycles. The van der Waals surface area contributed by atoms with Gasteiger partial charge >= 0.3 is 0 Å². The first-order valence-electron chi connectivity index (χ1n) is 11.5. The molecule has 0 aliphatic rings. The third-order valence-corrected chi connectivity index (χ3v) is 6.14. The number of ether oxygens (including phenoxy) is 1. The van der Waals surface area contributed by atoms with Gasteiger partial charge in [-0.3, -0.25) is 9.59 Å². The van der Waals surface area contributed by atoms with Crippen LogP contribution in [0, 0.1) is 0 Å². The summed E-state index contributed by atoms with van der Waals surface area (Å²) >= 11 is 18.5. The SMILES string of the molecule is CC(C)(C)NC(=O)[C@H](Cc1ccccc1)N(Cc1ccc(Cl)cc1Cl)C(=O)COc1ccc(Cl)cc1. The Labute approximate surface area is 227 Å². The predicted molar refractivity (Wildman–Crippen MR) is 146 cm³/mol. The Hall–Kier alpha value is -2.73. The van der Waals surface area contributed by atoms with Gasteiger partial charge in [-0.15, -0.1) is 0 Å². The van der Waals surface area contributed by atoms with Crippen LogP contribution in [0.4, 0.5) is 0 Å². The lowest BCUT2D eigenvalue weighted by Crippen LogP contribution is -2.55. The van der Waals surface area contributed by atoms with E-state index in [0.717, 1.165) is 5.56 Å². The van der Waals surface area contributed by atoms with Crippen molar-refractivity contribution in [2.24, 2.45) is 0 Å². The molecule has 3 rings (SSSR count). The fourth-order valence-corrected chi connectivity index (χ4v) is 4.19. The molecule has 0 aliphatic carbocycles. The summed E-state index contributed by atoms with van der Waals surface area (Å²) in [5.41, 5.74) is 1.10. The third-order valence-electron chi connectivity index (χ3n) is 5.30. The smallest absolute Gasteiger partial charge is 0.261 e. The average molecular weight is 548 g/mol. The van der Waals surface area contributed by atoms with Gasteiger partial charge in [0.2, 0.25) is 5.91 Å². The molecule has 5 nitrogen and oxygen atoms in total. The Bertz CT molecular complexity index is 1180. The zero-order chi connectivity index (χ0) is 26.3. The first-order chi connectivity index (χ1) is 17.0. The predicted octanol–water partition coefficient (Wildman–Crippen LogP) is 6.58. The number of hydrogen-bond donors (Lipinski definition) is 1. The minimum Gasteiger partial charge on any atom is -0.484 e. The molecule has 190 valence electrons.